The second-order valence-electron chi connectivity index (χ2n) is 4.24. The second-order valence-corrected chi connectivity index (χ2v) is 6.70. The number of ether oxygens (including phenoxy) is 2. The first-order valence-electron chi connectivity index (χ1n) is 5.55. The van der Waals surface area contributed by atoms with Crippen molar-refractivity contribution < 1.29 is 14.3 Å². The van der Waals surface area contributed by atoms with Crippen LogP contribution in [0.25, 0.3) is 0 Å². The van der Waals surface area contributed by atoms with E-state index in [9.17, 15) is 4.79 Å². The molecule has 0 amide bonds. The highest BCUT2D eigenvalue weighted by molar-refractivity contribution is 9.11. The number of rotatable bonds is 4. The lowest BCUT2D eigenvalue weighted by Gasteiger charge is -2.45. The summed E-state index contributed by atoms with van der Waals surface area (Å²) in [4.78, 5) is 13.1. The van der Waals surface area contributed by atoms with Crippen LogP contribution >= 0.6 is 27.3 Å². The number of esters is 1. The predicted molar refractivity (Wildman–Crippen MR) is 70.3 cm³/mol. The monoisotopic (exact) mass is 318 g/mol. The van der Waals surface area contributed by atoms with Crippen molar-refractivity contribution in [1.82, 2.24) is 0 Å². The summed E-state index contributed by atoms with van der Waals surface area (Å²) in [6, 6.07) is 4.09. The van der Waals surface area contributed by atoms with E-state index < -0.39 is 0 Å². The van der Waals surface area contributed by atoms with Gasteiger partial charge >= 0.3 is 5.97 Å². The smallest absolute Gasteiger partial charge is 0.309 e. The fraction of sp³-hybridized carbons (Fsp3) is 0.583. The highest BCUT2D eigenvalue weighted by Gasteiger charge is 2.50. The van der Waals surface area contributed by atoms with E-state index in [0.29, 0.717) is 13.2 Å². The topological polar surface area (TPSA) is 35.5 Å². The molecule has 0 saturated carbocycles. The van der Waals surface area contributed by atoms with Gasteiger partial charge in [-0.2, -0.15) is 0 Å². The molecule has 1 aromatic heterocycles. The zero-order valence-electron chi connectivity index (χ0n) is 9.86. The second kappa shape index (κ2) is 5.08. The highest BCUT2D eigenvalue weighted by atomic mass is 79.9. The molecule has 0 bridgehead atoms. The molecule has 1 aromatic rings. The van der Waals surface area contributed by atoms with Crippen LogP contribution in [0.5, 0.6) is 0 Å². The summed E-state index contributed by atoms with van der Waals surface area (Å²) in [6.45, 7) is 3.23. The minimum atomic E-state index is -0.182. The molecule has 0 spiro atoms. The van der Waals surface area contributed by atoms with Crippen molar-refractivity contribution in [2.24, 2.45) is 5.92 Å². The Morgan fingerprint density at radius 1 is 1.65 bits per heavy atom. The summed E-state index contributed by atoms with van der Waals surface area (Å²) in [5.41, 5.74) is -0.182. The van der Waals surface area contributed by atoms with Crippen molar-refractivity contribution in [2.75, 3.05) is 20.3 Å². The van der Waals surface area contributed by atoms with Gasteiger partial charge in [0.05, 0.1) is 35.4 Å². The molecule has 2 rings (SSSR count). The van der Waals surface area contributed by atoms with Crippen LogP contribution in [0.1, 0.15) is 18.2 Å². The highest BCUT2D eigenvalue weighted by Crippen LogP contribution is 2.45. The average Bonchev–Trinajstić information content (AvgIpc) is 2.69. The molecule has 0 aromatic carbocycles. The van der Waals surface area contributed by atoms with Crippen LogP contribution in [0.4, 0.5) is 0 Å². The lowest BCUT2D eigenvalue weighted by atomic mass is 9.71. The van der Waals surface area contributed by atoms with Crippen molar-refractivity contribution in [1.29, 1.82) is 0 Å². The Morgan fingerprint density at radius 2 is 2.35 bits per heavy atom. The van der Waals surface area contributed by atoms with E-state index >= 15 is 0 Å². The first-order valence-corrected chi connectivity index (χ1v) is 7.16. The van der Waals surface area contributed by atoms with Gasteiger partial charge in [-0.25, -0.2) is 0 Å². The number of carbonyl (C=O) groups excluding carboxylic acids is 1. The molecule has 0 aliphatic carbocycles. The van der Waals surface area contributed by atoms with Crippen molar-refractivity contribution in [3.63, 3.8) is 0 Å². The zero-order valence-corrected chi connectivity index (χ0v) is 12.3. The molecule has 1 aliphatic rings. The Hall–Kier alpha value is -0.390. The number of methoxy groups -OCH3 is 1. The van der Waals surface area contributed by atoms with E-state index in [2.05, 4.69) is 22.0 Å². The number of hydrogen-bond acceptors (Lipinski definition) is 4. The van der Waals surface area contributed by atoms with Crippen LogP contribution in [0, 0.1) is 5.92 Å². The molecular weight excluding hydrogens is 304 g/mol. The minimum absolute atomic E-state index is 0.119. The summed E-state index contributed by atoms with van der Waals surface area (Å²) in [7, 11) is 1.45. The summed E-state index contributed by atoms with van der Waals surface area (Å²) < 4.78 is 11.4. The van der Waals surface area contributed by atoms with Crippen molar-refractivity contribution in [3.05, 3.63) is 20.8 Å². The largest absolute Gasteiger partial charge is 0.469 e. The number of thiophene rings is 1. The van der Waals surface area contributed by atoms with Crippen LogP contribution in [-0.4, -0.2) is 26.3 Å². The van der Waals surface area contributed by atoms with Gasteiger partial charge in [0.2, 0.25) is 0 Å². The van der Waals surface area contributed by atoms with Crippen LogP contribution in [-0.2, 0) is 19.7 Å². The first kappa shape index (κ1) is 13.1. The first-order chi connectivity index (χ1) is 8.14. The van der Waals surface area contributed by atoms with Gasteiger partial charge in [-0.3, -0.25) is 4.79 Å². The van der Waals surface area contributed by atoms with E-state index in [1.165, 1.54) is 12.0 Å². The SMILES string of the molecule is CCC(C(=O)OC)C1(c2ccc(Br)s2)COC1. The summed E-state index contributed by atoms with van der Waals surface area (Å²) >= 11 is 5.14. The molecular formula is C12H15BrO3S. The molecule has 1 saturated heterocycles. The zero-order chi connectivity index (χ0) is 12.5. The van der Waals surface area contributed by atoms with Gasteiger partial charge in [0.1, 0.15) is 0 Å². The summed E-state index contributed by atoms with van der Waals surface area (Å²) in [5.74, 6) is -0.257. The maximum absolute atomic E-state index is 11.9. The molecule has 1 unspecified atom stereocenters. The number of hydrogen-bond donors (Lipinski definition) is 0. The molecule has 3 nitrogen and oxygen atoms in total. The van der Waals surface area contributed by atoms with E-state index in [-0.39, 0.29) is 17.3 Å². The maximum Gasteiger partial charge on any atom is 0.309 e. The van der Waals surface area contributed by atoms with Crippen molar-refractivity contribution >= 4 is 33.2 Å². The summed E-state index contributed by atoms with van der Waals surface area (Å²) in [5, 5.41) is 0. The average molecular weight is 319 g/mol. The fourth-order valence-electron chi connectivity index (χ4n) is 2.34. The molecule has 2 heterocycles. The Bertz CT molecular complexity index is 412. The summed E-state index contributed by atoms with van der Waals surface area (Å²) in [6.07, 6.45) is 0.769. The number of halogens is 1. The van der Waals surface area contributed by atoms with Crippen LogP contribution in [0.2, 0.25) is 0 Å². The van der Waals surface area contributed by atoms with E-state index in [1.54, 1.807) is 11.3 Å². The maximum atomic E-state index is 11.9. The van der Waals surface area contributed by atoms with Gasteiger partial charge in [0.15, 0.2) is 0 Å². The molecule has 5 heteroatoms. The third kappa shape index (κ3) is 2.16. The molecule has 17 heavy (non-hydrogen) atoms. The van der Waals surface area contributed by atoms with Crippen molar-refractivity contribution in [2.45, 2.75) is 18.8 Å². The molecule has 1 atom stereocenters. The van der Waals surface area contributed by atoms with E-state index in [0.717, 1.165) is 10.2 Å². The van der Waals surface area contributed by atoms with Crippen LogP contribution in [0.15, 0.2) is 15.9 Å². The molecule has 1 aliphatic heterocycles. The third-order valence-corrected chi connectivity index (χ3v) is 5.19. The van der Waals surface area contributed by atoms with Crippen LogP contribution < -0.4 is 0 Å². The molecule has 94 valence electrons. The van der Waals surface area contributed by atoms with Crippen molar-refractivity contribution in [3.8, 4) is 0 Å². The van der Waals surface area contributed by atoms with Gasteiger partial charge in [-0.15, -0.1) is 11.3 Å². The standard InChI is InChI=1S/C12H15BrO3S/c1-3-8(11(14)15-2)12(6-16-7-12)9-4-5-10(13)17-9/h4-5,8H,3,6-7H2,1-2H3. The van der Waals surface area contributed by atoms with Gasteiger partial charge in [-0.05, 0) is 34.5 Å². The Kier molecular flexibility index (Phi) is 3.90. The van der Waals surface area contributed by atoms with Crippen LogP contribution in [0.3, 0.4) is 0 Å². The Labute approximate surface area is 113 Å². The van der Waals surface area contributed by atoms with Gasteiger partial charge in [-0.1, -0.05) is 6.92 Å². The van der Waals surface area contributed by atoms with Gasteiger partial charge < -0.3 is 9.47 Å². The third-order valence-electron chi connectivity index (χ3n) is 3.34. The molecule has 0 N–H and O–H groups in total. The Morgan fingerprint density at radius 3 is 2.71 bits per heavy atom. The lowest BCUT2D eigenvalue weighted by molar-refractivity contribution is -0.160. The quantitative estimate of drug-likeness (QED) is 0.801. The van der Waals surface area contributed by atoms with Gasteiger partial charge in [0.25, 0.3) is 0 Å². The number of carbonyl (C=O) groups is 1. The predicted octanol–water partition coefficient (Wildman–Crippen LogP) is 2.98. The van der Waals surface area contributed by atoms with Gasteiger partial charge in [0, 0.05) is 4.88 Å². The van der Waals surface area contributed by atoms with E-state index in [1.807, 2.05) is 13.0 Å². The molecule has 0 radical (unpaired) electrons. The fourth-order valence-corrected chi connectivity index (χ4v) is 3.95. The van der Waals surface area contributed by atoms with E-state index in [4.69, 9.17) is 9.47 Å². The minimum Gasteiger partial charge on any atom is -0.469 e. The normalized spacial score (nSPS) is 19.5. The molecule has 1 fully saturated rings. The Balaban J connectivity index is 2.33. The lowest BCUT2D eigenvalue weighted by Crippen LogP contribution is -2.54.